The first-order valence-electron chi connectivity index (χ1n) is 9.20. The molecule has 0 aliphatic rings. The molecule has 0 atom stereocenters. The summed E-state index contributed by atoms with van der Waals surface area (Å²) in [5.41, 5.74) is 13.0. The SMILES string of the molecule is CN=C(N)Nc1ccc(Oc2cccc(Oc3ccc(NC(N)=NC)cc3)c2)cc1. The van der Waals surface area contributed by atoms with E-state index in [0.29, 0.717) is 34.9 Å². The van der Waals surface area contributed by atoms with E-state index in [4.69, 9.17) is 20.9 Å². The van der Waals surface area contributed by atoms with E-state index in [0.717, 1.165) is 11.4 Å². The Kier molecular flexibility index (Phi) is 6.73. The van der Waals surface area contributed by atoms with Gasteiger partial charge >= 0.3 is 0 Å². The van der Waals surface area contributed by atoms with E-state index in [2.05, 4.69) is 20.6 Å². The number of rotatable bonds is 6. The third-order valence-corrected chi connectivity index (χ3v) is 4.01. The summed E-state index contributed by atoms with van der Waals surface area (Å²) in [6, 6.07) is 22.2. The number of nitrogens with one attached hydrogen (secondary N) is 2. The molecule has 0 saturated heterocycles. The van der Waals surface area contributed by atoms with E-state index in [1.54, 1.807) is 14.1 Å². The summed E-state index contributed by atoms with van der Waals surface area (Å²) in [6.07, 6.45) is 0. The molecule has 30 heavy (non-hydrogen) atoms. The fourth-order valence-electron chi connectivity index (χ4n) is 2.49. The van der Waals surface area contributed by atoms with Crippen LogP contribution in [-0.4, -0.2) is 26.0 Å². The van der Waals surface area contributed by atoms with Gasteiger partial charge in [0.25, 0.3) is 0 Å². The van der Waals surface area contributed by atoms with Gasteiger partial charge in [0, 0.05) is 31.5 Å². The zero-order valence-electron chi connectivity index (χ0n) is 16.8. The summed E-state index contributed by atoms with van der Waals surface area (Å²) in [4.78, 5) is 7.73. The molecule has 0 bridgehead atoms. The fraction of sp³-hybridized carbons (Fsp3) is 0.0909. The van der Waals surface area contributed by atoms with E-state index in [9.17, 15) is 0 Å². The van der Waals surface area contributed by atoms with Crippen molar-refractivity contribution in [1.82, 2.24) is 0 Å². The largest absolute Gasteiger partial charge is 0.457 e. The zero-order chi connectivity index (χ0) is 21.3. The third kappa shape index (κ3) is 5.90. The second-order valence-corrected chi connectivity index (χ2v) is 6.20. The van der Waals surface area contributed by atoms with E-state index in [1.165, 1.54) is 0 Å². The van der Waals surface area contributed by atoms with Gasteiger partial charge in [-0.2, -0.15) is 0 Å². The van der Waals surface area contributed by atoms with E-state index in [1.807, 2.05) is 72.8 Å². The van der Waals surface area contributed by atoms with Gasteiger partial charge in [0.1, 0.15) is 23.0 Å². The Morgan fingerprint density at radius 3 is 1.40 bits per heavy atom. The Labute approximate surface area is 175 Å². The molecule has 0 spiro atoms. The minimum Gasteiger partial charge on any atom is -0.457 e. The van der Waals surface area contributed by atoms with Gasteiger partial charge in [-0.05, 0) is 60.7 Å². The van der Waals surface area contributed by atoms with Crippen molar-refractivity contribution in [2.45, 2.75) is 0 Å². The summed E-state index contributed by atoms with van der Waals surface area (Å²) in [5, 5.41) is 5.94. The molecule has 0 aliphatic heterocycles. The van der Waals surface area contributed by atoms with Crippen LogP contribution in [0.1, 0.15) is 0 Å². The van der Waals surface area contributed by atoms with Gasteiger partial charge in [0.2, 0.25) is 0 Å². The van der Waals surface area contributed by atoms with E-state index < -0.39 is 0 Å². The molecule has 0 unspecified atom stereocenters. The minimum absolute atomic E-state index is 0.347. The second kappa shape index (κ2) is 9.83. The Morgan fingerprint density at radius 2 is 1.03 bits per heavy atom. The first-order valence-corrected chi connectivity index (χ1v) is 9.20. The lowest BCUT2D eigenvalue weighted by Crippen LogP contribution is -2.21. The third-order valence-electron chi connectivity index (χ3n) is 4.01. The zero-order valence-corrected chi connectivity index (χ0v) is 16.8. The molecule has 0 saturated carbocycles. The molecule has 8 nitrogen and oxygen atoms in total. The minimum atomic E-state index is 0.347. The normalized spacial score (nSPS) is 11.7. The van der Waals surface area contributed by atoms with Gasteiger partial charge in [-0.3, -0.25) is 9.98 Å². The predicted molar refractivity (Wildman–Crippen MR) is 122 cm³/mol. The van der Waals surface area contributed by atoms with Crippen LogP contribution >= 0.6 is 0 Å². The van der Waals surface area contributed by atoms with Crippen molar-refractivity contribution in [3.63, 3.8) is 0 Å². The van der Waals surface area contributed by atoms with Crippen LogP contribution in [0.5, 0.6) is 23.0 Å². The lowest BCUT2D eigenvalue weighted by Gasteiger charge is -2.11. The Morgan fingerprint density at radius 1 is 0.633 bits per heavy atom. The molecule has 154 valence electrons. The number of nitrogens with zero attached hydrogens (tertiary/aromatic N) is 2. The number of benzene rings is 3. The lowest BCUT2D eigenvalue weighted by atomic mass is 10.3. The van der Waals surface area contributed by atoms with Crippen molar-refractivity contribution < 1.29 is 9.47 Å². The summed E-state index contributed by atoms with van der Waals surface area (Å²) >= 11 is 0. The molecule has 3 rings (SSSR count). The summed E-state index contributed by atoms with van der Waals surface area (Å²) < 4.78 is 11.8. The van der Waals surface area contributed by atoms with Crippen molar-refractivity contribution in [2.75, 3.05) is 24.7 Å². The summed E-state index contributed by atoms with van der Waals surface area (Å²) in [6.45, 7) is 0. The number of hydrogen-bond acceptors (Lipinski definition) is 4. The summed E-state index contributed by atoms with van der Waals surface area (Å²) in [5.74, 6) is 3.39. The molecule has 0 radical (unpaired) electrons. The van der Waals surface area contributed by atoms with Crippen LogP contribution in [0.25, 0.3) is 0 Å². The maximum absolute atomic E-state index is 5.91. The Balaban J connectivity index is 1.63. The van der Waals surface area contributed by atoms with Crippen molar-refractivity contribution in [1.29, 1.82) is 0 Å². The number of nitrogens with two attached hydrogens (primary N) is 2. The van der Waals surface area contributed by atoms with Crippen molar-refractivity contribution in [3.05, 3.63) is 72.8 Å². The van der Waals surface area contributed by atoms with Crippen molar-refractivity contribution in [3.8, 4) is 23.0 Å². The molecule has 3 aromatic rings. The predicted octanol–water partition coefficient (Wildman–Crippen LogP) is 3.98. The molecule has 8 heteroatoms. The highest BCUT2D eigenvalue weighted by Gasteiger charge is 2.03. The average Bonchev–Trinajstić information content (AvgIpc) is 2.76. The molecule has 0 fully saturated rings. The molecule has 3 aromatic carbocycles. The number of ether oxygens (including phenoxy) is 2. The van der Waals surface area contributed by atoms with Crippen LogP contribution < -0.4 is 31.6 Å². The Hall–Kier alpha value is -4.20. The first kappa shape index (κ1) is 20.5. The molecule has 0 amide bonds. The van der Waals surface area contributed by atoms with Gasteiger partial charge in [-0.25, -0.2) is 0 Å². The first-order chi connectivity index (χ1) is 14.6. The van der Waals surface area contributed by atoms with Crippen LogP contribution in [0.3, 0.4) is 0 Å². The maximum Gasteiger partial charge on any atom is 0.192 e. The van der Waals surface area contributed by atoms with E-state index in [-0.39, 0.29) is 0 Å². The molecule has 6 N–H and O–H groups in total. The van der Waals surface area contributed by atoms with Crippen molar-refractivity contribution in [2.24, 2.45) is 21.5 Å². The monoisotopic (exact) mass is 404 g/mol. The average molecular weight is 404 g/mol. The number of aliphatic imine (C=N–C) groups is 2. The van der Waals surface area contributed by atoms with Crippen LogP contribution in [-0.2, 0) is 0 Å². The van der Waals surface area contributed by atoms with Crippen molar-refractivity contribution >= 4 is 23.3 Å². The fourth-order valence-corrected chi connectivity index (χ4v) is 2.49. The van der Waals surface area contributed by atoms with Gasteiger partial charge in [-0.15, -0.1) is 0 Å². The Bertz CT molecular complexity index is 950. The van der Waals surface area contributed by atoms with E-state index >= 15 is 0 Å². The quantitative estimate of drug-likeness (QED) is 0.364. The highest BCUT2D eigenvalue weighted by Crippen LogP contribution is 2.29. The molecular formula is C22H24N6O2. The topological polar surface area (TPSA) is 119 Å². The standard InChI is InChI=1S/C22H24N6O2/c1-25-21(23)27-15-6-10-17(11-7-15)29-19-4-3-5-20(14-19)30-18-12-8-16(9-13-18)28-22(24)26-2/h3-14H,1-2H3,(H3,23,25,27)(H3,24,26,28). The molecule has 0 heterocycles. The van der Waals surface area contributed by atoms with Crippen LogP contribution in [0.4, 0.5) is 11.4 Å². The molecule has 0 aromatic heterocycles. The van der Waals surface area contributed by atoms with Crippen LogP contribution in [0.15, 0.2) is 82.8 Å². The number of hydrogen-bond donors (Lipinski definition) is 4. The molecular weight excluding hydrogens is 380 g/mol. The maximum atomic E-state index is 5.91. The van der Waals surface area contributed by atoms with Gasteiger partial charge in [0.05, 0.1) is 0 Å². The van der Waals surface area contributed by atoms with Gasteiger partial charge < -0.3 is 31.6 Å². The highest BCUT2D eigenvalue weighted by atomic mass is 16.5. The smallest absolute Gasteiger partial charge is 0.192 e. The molecule has 0 aliphatic carbocycles. The highest BCUT2D eigenvalue weighted by molar-refractivity contribution is 5.92. The van der Waals surface area contributed by atoms with Gasteiger partial charge in [-0.1, -0.05) is 6.07 Å². The van der Waals surface area contributed by atoms with Crippen LogP contribution in [0, 0.1) is 0 Å². The number of anilines is 2. The number of guanidine groups is 2. The summed E-state index contributed by atoms with van der Waals surface area (Å²) in [7, 11) is 3.24. The lowest BCUT2D eigenvalue weighted by molar-refractivity contribution is 0.460. The van der Waals surface area contributed by atoms with Gasteiger partial charge in [0.15, 0.2) is 11.9 Å². The van der Waals surface area contributed by atoms with Crippen LogP contribution in [0.2, 0.25) is 0 Å². The second-order valence-electron chi connectivity index (χ2n) is 6.20.